The van der Waals surface area contributed by atoms with Crippen molar-refractivity contribution < 1.29 is 9.72 Å². The first kappa shape index (κ1) is 22.1. The van der Waals surface area contributed by atoms with Gasteiger partial charge in [0.15, 0.2) is 0 Å². The second kappa shape index (κ2) is 9.60. The topological polar surface area (TPSA) is 99.1 Å². The monoisotopic (exact) mass is 483 g/mol. The molecular weight excluding hydrogens is 466 g/mol. The Bertz CT molecular complexity index is 1240. The Labute approximate surface area is 197 Å². The third kappa shape index (κ3) is 4.88. The second-order valence-corrected chi connectivity index (χ2v) is 9.47. The number of hydrogen-bond acceptors (Lipinski definition) is 6. The predicted molar refractivity (Wildman–Crippen MR) is 128 cm³/mol. The fourth-order valence-corrected chi connectivity index (χ4v) is 5.56. The number of halogens is 1. The van der Waals surface area contributed by atoms with Crippen molar-refractivity contribution in [1.82, 2.24) is 4.98 Å². The van der Waals surface area contributed by atoms with E-state index in [2.05, 4.69) is 0 Å². The number of carbonyl (C=O) groups excluding carboxylic acids is 1. The number of rotatable bonds is 8. The van der Waals surface area contributed by atoms with Gasteiger partial charge in [0.1, 0.15) is 5.01 Å². The van der Waals surface area contributed by atoms with Gasteiger partial charge in [0, 0.05) is 28.5 Å². The fourth-order valence-electron chi connectivity index (χ4n) is 3.67. The summed E-state index contributed by atoms with van der Waals surface area (Å²) in [7, 11) is 0. The summed E-state index contributed by atoms with van der Waals surface area (Å²) in [5, 5.41) is 16.3. The molecule has 0 fully saturated rings. The molecule has 2 N–H and O–H groups in total. The third-order valence-electron chi connectivity index (χ3n) is 5.15. The molecule has 0 aliphatic heterocycles. The number of primary amides is 1. The van der Waals surface area contributed by atoms with E-state index in [-0.39, 0.29) is 11.6 Å². The molecule has 0 aliphatic rings. The van der Waals surface area contributed by atoms with Crippen LogP contribution < -0.4 is 5.73 Å². The summed E-state index contributed by atoms with van der Waals surface area (Å²) in [5.41, 5.74) is 8.20. The molecule has 4 aromatic rings. The van der Waals surface area contributed by atoms with Gasteiger partial charge < -0.3 is 5.73 Å². The zero-order valence-corrected chi connectivity index (χ0v) is 19.1. The number of nitro benzene ring substituents is 1. The first-order valence-electron chi connectivity index (χ1n) is 9.70. The molecule has 32 heavy (non-hydrogen) atoms. The molecule has 0 saturated carbocycles. The normalized spacial score (nSPS) is 12.9. The Kier molecular flexibility index (Phi) is 6.64. The minimum atomic E-state index is -0.665. The first-order chi connectivity index (χ1) is 15.4. The van der Waals surface area contributed by atoms with Crippen molar-refractivity contribution in [3.8, 4) is 9.88 Å². The number of aromatic nitrogens is 1. The molecule has 6 nitrogen and oxygen atoms in total. The highest BCUT2D eigenvalue weighted by atomic mass is 35.5. The van der Waals surface area contributed by atoms with E-state index in [9.17, 15) is 14.9 Å². The number of nitro groups is 1. The van der Waals surface area contributed by atoms with Gasteiger partial charge in [-0.3, -0.25) is 14.9 Å². The van der Waals surface area contributed by atoms with Crippen LogP contribution in [0.4, 0.5) is 5.69 Å². The minimum absolute atomic E-state index is 0.0141. The van der Waals surface area contributed by atoms with Gasteiger partial charge in [-0.1, -0.05) is 41.9 Å². The van der Waals surface area contributed by atoms with Gasteiger partial charge in [-0.25, -0.2) is 4.98 Å². The molecule has 9 heteroatoms. The number of benzene rings is 2. The van der Waals surface area contributed by atoms with Gasteiger partial charge in [0.2, 0.25) is 5.91 Å². The highest BCUT2D eigenvalue weighted by molar-refractivity contribution is 7.20. The first-order valence-corrected chi connectivity index (χ1v) is 11.8. The summed E-state index contributed by atoms with van der Waals surface area (Å²) in [4.78, 5) is 29.1. The minimum Gasteiger partial charge on any atom is -0.369 e. The lowest BCUT2D eigenvalue weighted by Gasteiger charge is -2.24. The van der Waals surface area contributed by atoms with Crippen LogP contribution in [0, 0.1) is 10.1 Å². The van der Waals surface area contributed by atoms with Crippen LogP contribution in [0.2, 0.25) is 5.02 Å². The third-order valence-corrected chi connectivity index (χ3v) is 7.29. The lowest BCUT2D eigenvalue weighted by molar-refractivity contribution is -0.384. The largest absolute Gasteiger partial charge is 0.369 e. The maximum Gasteiger partial charge on any atom is 0.269 e. The molecule has 1 amide bonds. The quantitative estimate of drug-likeness (QED) is 0.244. The lowest BCUT2D eigenvalue weighted by atomic mass is 9.80. The number of thiazole rings is 1. The Morgan fingerprint density at radius 2 is 1.91 bits per heavy atom. The smallest absolute Gasteiger partial charge is 0.269 e. The molecule has 0 bridgehead atoms. The molecule has 0 aliphatic carbocycles. The second-order valence-electron chi connectivity index (χ2n) is 7.22. The zero-order valence-electron chi connectivity index (χ0n) is 16.7. The Hall–Kier alpha value is -3.07. The summed E-state index contributed by atoms with van der Waals surface area (Å²) in [6.45, 7) is 0. The van der Waals surface area contributed by atoms with E-state index in [0.717, 1.165) is 21.1 Å². The van der Waals surface area contributed by atoms with Crippen molar-refractivity contribution in [3.05, 3.63) is 103 Å². The van der Waals surface area contributed by atoms with Gasteiger partial charge in [-0.15, -0.1) is 22.7 Å². The highest BCUT2D eigenvalue weighted by Gasteiger charge is 2.32. The summed E-state index contributed by atoms with van der Waals surface area (Å²) in [6.07, 6.45) is 0.436. The maximum atomic E-state index is 12.7. The number of nitrogens with zero attached hydrogens (tertiary/aromatic N) is 2. The number of thiophene rings is 1. The van der Waals surface area contributed by atoms with Crippen molar-refractivity contribution in [2.45, 2.75) is 18.3 Å². The molecular formula is C23H18ClN3O3S2. The highest BCUT2D eigenvalue weighted by Crippen LogP contribution is 2.39. The predicted octanol–water partition coefficient (Wildman–Crippen LogP) is 6.03. The number of non-ortho nitro benzene ring substituents is 1. The molecule has 0 spiro atoms. The Balaban J connectivity index is 1.76. The molecule has 2 aromatic carbocycles. The molecule has 4 rings (SSSR count). The summed E-state index contributed by atoms with van der Waals surface area (Å²) < 4.78 is 0. The van der Waals surface area contributed by atoms with Crippen molar-refractivity contribution >= 4 is 45.9 Å². The molecule has 2 atom stereocenters. The van der Waals surface area contributed by atoms with Crippen LogP contribution in [0.3, 0.4) is 0 Å². The van der Waals surface area contributed by atoms with E-state index in [1.807, 2.05) is 29.0 Å². The Morgan fingerprint density at radius 1 is 1.12 bits per heavy atom. The molecule has 2 heterocycles. The van der Waals surface area contributed by atoms with Gasteiger partial charge in [-0.05, 0) is 41.1 Å². The molecule has 2 aromatic heterocycles. The summed E-state index contributed by atoms with van der Waals surface area (Å²) >= 11 is 9.30. The van der Waals surface area contributed by atoms with E-state index in [1.165, 1.54) is 23.5 Å². The SMILES string of the molecule is NC(=O)[C@H](c1cccc(Cl)c1)C(Cc1ccc([N+](=O)[O-])cc1)c1csc(-c2cccs2)n1. The van der Waals surface area contributed by atoms with Crippen LogP contribution in [-0.2, 0) is 11.2 Å². The van der Waals surface area contributed by atoms with E-state index < -0.39 is 16.7 Å². The van der Waals surface area contributed by atoms with Crippen LogP contribution in [0.5, 0.6) is 0 Å². The van der Waals surface area contributed by atoms with Crippen LogP contribution in [0.25, 0.3) is 9.88 Å². The summed E-state index contributed by atoms with van der Waals surface area (Å²) in [5.74, 6) is -1.51. The van der Waals surface area contributed by atoms with Crippen LogP contribution in [0.15, 0.2) is 71.4 Å². The van der Waals surface area contributed by atoms with Crippen LogP contribution in [0.1, 0.15) is 28.7 Å². The van der Waals surface area contributed by atoms with Crippen molar-refractivity contribution in [2.24, 2.45) is 5.73 Å². The maximum absolute atomic E-state index is 12.7. The van der Waals surface area contributed by atoms with Crippen molar-refractivity contribution in [3.63, 3.8) is 0 Å². The van der Waals surface area contributed by atoms with Crippen molar-refractivity contribution in [2.75, 3.05) is 0 Å². The fraction of sp³-hybridized carbons (Fsp3) is 0.130. The van der Waals surface area contributed by atoms with Crippen LogP contribution in [-0.4, -0.2) is 15.8 Å². The standard InChI is InChI=1S/C23H18ClN3O3S2/c24-16-4-1-3-15(12-16)21(22(25)28)18(11-14-6-8-17(9-7-14)27(29)30)19-13-32-23(26-19)20-5-2-10-31-20/h1-10,12-13,18,21H,11H2,(H2,25,28)/t18?,21-/m1/s1. The lowest BCUT2D eigenvalue weighted by Crippen LogP contribution is -2.28. The van der Waals surface area contributed by atoms with Crippen molar-refractivity contribution in [1.29, 1.82) is 0 Å². The van der Waals surface area contributed by atoms with Gasteiger partial charge >= 0.3 is 0 Å². The number of carbonyl (C=O) groups is 1. The van der Waals surface area contributed by atoms with Gasteiger partial charge in [-0.2, -0.15) is 0 Å². The average Bonchev–Trinajstić information content (AvgIpc) is 3.45. The van der Waals surface area contributed by atoms with E-state index in [0.29, 0.717) is 17.0 Å². The van der Waals surface area contributed by atoms with E-state index in [1.54, 1.807) is 41.7 Å². The van der Waals surface area contributed by atoms with Crippen LogP contribution >= 0.6 is 34.3 Å². The molecule has 0 radical (unpaired) electrons. The van der Waals surface area contributed by atoms with Gasteiger partial charge in [0.05, 0.1) is 21.4 Å². The number of nitrogens with two attached hydrogens (primary N) is 1. The zero-order chi connectivity index (χ0) is 22.7. The average molecular weight is 484 g/mol. The number of amides is 1. The summed E-state index contributed by atoms with van der Waals surface area (Å²) in [6, 6.07) is 17.4. The van der Waals surface area contributed by atoms with E-state index >= 15 is 0 Å². The Morgan fingerprint density at radius 3 is 2.53 bits per heavy atom. The molecule has 0 saturated heterocycles. The molecule has 162 valence electrons. The van der Waals surface area contributed by atoms with Gasteiger partial charge in [0.25, 0.3) is 5.69 Å². The number of hydrogen-bond donors (Lipinski definition) is 1. The van der Waals surface area contributed by atoms with E-state index in [4.69, 9.17) is 22.3 Å². The molecule has 1 unspecified atom stereocenters.